The van der Waals surface area contributed by atoms with E-state index in [2.05, 4.69) is 17.2 Å². The minimum Gasteiger partial charge on any atom is -0.492 e. The number of sulfonamides is 1. The molecule has 144 valence electrons. The molecule has 0 aliphatic carbocycles. The van der Waals surface area contributed by atoms with E-state index in [1.54, 1.807) is 18.2 Å². The topological polar surface area (TPSA) is 87.7 Å². The molecule has 1 aliphatic rings. The fourth-order valence-corrected chi connectivity index (χ4v) is 4.31. The molecular weight excluding hydrogens is 354 g/mol. The largest absolute Gasteiger partial charge is 0.492 e. The lowest BCUT2D eigenvalue weighted by Gasteiger charge is -2.26. The van der Waals surface area contributed by atoms with Gasteiger partial charge in [-0.3, -0.25) is 4.79 Å². The Morgan fingerprint density at radius 2 is 2.04 bits per heavy atom. The molecule has 2 N–H and O–H groups in total. The summed E-state index contributed by atoms with van der Waals surface area (Å²) in [5, 5.41) is 5.63. The molecule has 1 aliphatic heterocycles. The second-order valence-corrected chi connectivity index (χ2v) is 7.94. The van der Waals surface area contributed by atoms with Crippen LogP contribution in [0, 0.1) is 0 Å². The lowest BCUT2D eigenvalue weighted by atomic mass is 10.2. The normalized spacial score (nSPS) is 15.3. The molecule has 1 saturated heterocycles. The molecule has 1 amide bonds. The molecule has 0 radical (unpaired) electrons. The third kappa shape index (κ3) is 5.22. The van der Waals surface area contributed by atoms with Gasteiger partial charge in [0.05, 0.1) is 23.7 Å². The fourth-order valence-electron chi connectivity index (χ4n) is 2.77. The number of hydrogen-bond donors (Lipinski definition) is 2. The van der Waals surface area contributed by atoms with Gasteiger partial charge in [-0.2, -0.15) is 4.31 Å². The van der Waals surface area contributed by atoms with Gasteiger partial charge in [0.2, 0.25) is 15.9 Å². The maximum Gasteiger partial charge on any atom is 0.243 e. The highest BCUT2D eigenvalue weighted by Crippen LogP contribution is 2.30. The zero-order valence-electron chi connectivity index (χ0n) is 15.2. The Morgan fingerprint density at radius 3 is 2.69 bits per heavy atom. The number of ether oxygens (including phenoxy) is 1. The van der Waals surface area contributed by atoms with E-state index in [4.69, 9.17) is 4.74 Å². The summed E-state index contributed by atoms with van der Waals surface area (Å²) >= 11 is 0. The van der Waals surface area contributed by atoms with Crippen LogP contribution in [0.25, 0.3) is 0 Å². The second kappa shape index (κ2) is 9.59. The minimum absolute atomic E-state index is 0.0150. The molecule has 0 aromatic heterocycles. The number of amides is 1. The Bertz CT molecular complexity index is 728. The summed E-state index contributed by atoms with van der Waals surface area (Å²) in [4.78, 5) is 12.0. The highest BCUT2D eigenvalue weighted by atomic mass is 32.2. The Kier molecular flexibility index (Phi) is 7.47. The SMILES string of the molecule is C=CCNC(=O)CNc1cc(S(=O)(=O)N2CCCCC2)ccc1OCC. The summed E-state index contributed by atoms with van der Waals surface area (Å²) in [6, 6.07) is 4.72. The van der Waals surface area contributed by atoms with Crippen molar-refractivity contribution in [2.75, 3.05) is 38.1 Å². The third-order valence-electron chi connectivity index (χ3n) is 4.09. The summed E-state index contributed by atoms with van der Waals surface area (Å²) in [6.07, 6.45) is 4.41. The first-order valence-electron chi connectivity index (χ1n) is 8.87. The van der Waals surface area contributed by atoms with Crippen molar-refractivity contribution >= 4 is 21.6 Å². The van der Waals surface area contributed by atoms with Gasteiger partial charge in [-0.1, -0.05) is 12.5 Å². The fraction of sp³-hybridized carbons (Fsp3) is 0.500. The smallest absolute Gasteiger partial charge is 0.243 e. The minimum atomic E-state index is -3.55. The van der Waals surface area contributed by atoms with E-state index < -0.39 is 10.0 Å². The highest BCUT2D eigenvalue weighted by Gasteiger charge is 2.26. The van der Waals surface area contributed by atoms with Crippen LogP contribution in [0.2, 0.25) is 0 Å². The first kappa shape index (κ1) is 20.3. The van der Waals surface area contributed by atoms with Gasteiger partial charge in [-0.05, 0) is 38.0 Å². The standard InChI is InChI=1S/C18H27N3O4S/c1-3-10-19-18(22)14-20-16-13-15(8-9-17(16)25-4-2)26(23,24)21-11-6-5-7-12-21/h3,8-9,13,20H,1,4-7,10-12,14H2,2H3,(H,19,22). The lowest BCUT2D eigenvalue weighted by Crippen LogP contribution is -2.35. The first-order chi connectivity index (χ1) is 12.5. The molecule has 1 aromatic rings. The van der Waals surface area contributed by atoms with Gasteiger partial charge in [0.1, 0.15) is 5.75 Å². The van der Waals surface area contributed by atoms with E-state index in [0.717, 1.165) is 19.3 Å². The zero-order valence-corrected chi connectivity index (χ0v) is 16.0. The van der Waals surface area contributed by atoms with Crippen molar-refractivity contribution < 1.29 is 17.9 Å². The molecular formula is C18H27N3O4S. The summed E-state index contributed by atoms with van der Waals surface area (Å²) < 4.78 is 32.8. The van der Waals surface area contributed by atoms with Crippen LogP contribution < -0.4 is 15.4 Å². The number of hydrogen-bond acceptors (Lipinski definition) is 5. The van der Waals surface area contributed by atoms with E-state index >= 15 is 0 Å². The summed E-state index contributed by atoms with van der Waals surface area (Å²) in [5.41, 5.74) is 0.485. The van der Waals surface area contributed by atoms with Gasteiger partial charge in [-0.25, -0.2) is 8.42 Å². The average Bonchev–Trinajstić information content (AvgIpc) is 2.66. The van der Waals surface area contributed by atoms with Crippen LogP contribution in [0.1, 0.15) is 26.2 Å². The van der Waals surface area contributed by atoms with E-state index in [1.165, 1.54) is 10.4 Å². The molecule has 1 aromatic carbocycles. The van der Waals surface area contributed by atoms with Crippen LogP contribution in [-0.2, 0) is 14.8 Å². The molecule has 2 rings (SSSR count). The van der Waals surface area contributed by atoms with Crippen LogP contribution in [0.5, 0.6) is 5.75 Å². The maximum atomic E-state index is 12.9. The molecule has 0 spiro atoms. The molecule has 0 saturated carbocycles. The second-order valence-electron chi connectivity index (χ2n) is 6.00. The molecule has 0 unspecified atom stereocenters. The summed E-state index contributed by atoms with van der Waals surface area (Å²) in [5.74, 6) is 0.304. The number of anilines is 1. The van der Waals surface area contributed by atoms with E-state index in [9.17, 15) is 13.2 Å². The molecule has 1 heterocycles. The van der Waals surface area contributed by atoms with Crippen LogP contribution in [0.15, 0.2) is 35.7 Å². The molecule has 8 heteroatoms. The van der Waals surface area contributed by atoms with Crippen molar-refractivity contribution in [2.45, 2.75) is 31.1 Å². The van der Waals surface area contributed by atoms with Gasteiger partial charge in [0.25, 0.3) is 0 Å². The van der Waals surface area contributed by atoms with Crippen molar-refractivity contribution in [1.82, 2.24) is 9.62 Å². The quantitative estimate of drug-likeness (QED) is 0.639. The van der Waals surface area contributed by atoms with Gasteiger partial charge < -0.3 is 15.4 Å². The summed E-state index contributed by atoms with van der Waals surface area (Å²) in [7, 11) is -3.55. The highest BCUT2D eigenvalue weighted by molar-refractivity contribution is 7.89. The Labute approximate surface area is 155 Å². The Hall–Kier alpha value is -2.06. The van der Waals surface area contributed by atoms with Crippen LogP contribution in [0.4, 0.5) is 5.69 Å². The predicted octanol–water partition coefficient (Wildman–Crippen LogP) is 1.97. The molecule has 1 fully saturated rings. The molecule has 26 heavy (non-hydrogen) atoms. The Morgan fingerprint density at radius 1 is 1.31 bits per heavy atom. The van der Waals surface area contributed by atoms with Crippen molar-refractivity contribution in [2.24, 2.45) is 0 Å². The molecule has 7 nitrogen and oxygen atoms in total. The third-order valence-corrected chi connectivity index (χ3v) is 5.98. The number of nitrogens with zero attached hydrogens (tertiary/aromatic N) is 1. The number of carbonyl (C=O) groups excluding carboxylic acids is 1. The van der Waals surface area contributed by atoms with E-state index in [1.807, 2.05) is 6.92 Å². The Balaban J connectivity index is 2.20. The zero-order chi connectivity index (χ0) is 19.0. The predicted molar refractivity (Wildman–Crippen MR) is 102 cm³/mol. The molecule has 0 bridgehead atoms. The van der Waals surface area contributed by atoms with Crippen LogP contribution in [0.3, 0.4) is 0 Å². The molecule has 0 atom stereocenters. The van der Waals surface area contributed by atoms with Crippen LogP contribution in [-0.4, -0.2) is 51.4 Å². The van der Waals surface area contributed by atoms with Crippen molar-refractivity contribution in [3.8, 4) is 5.75 Å². The number of piperidine rings is 1. The van der Waals surface area contributed by atoms with E-state index in [0.29, 0.717) is 37.7 Å². The number of benzene rings is 1. The van der Waals surface area contributed by atoms with Crippen molar-refractivity contribution in [3.63, 3.8) is 0 Å². The monoisotopic (exact) mass is 381 g/mol. The van der Waals surface area contributed by atoms with Crippen molar-refractivity contribution in [1.29, 1.82) is 0 Å². The lowest BCUT2D eigenvalue weighted by molar-refractivity contribution is -0.119. The van der Waals surface area contributed by atoms with Gasteiger partial charge >= 0.3 is 0 Å². The average molecular weight is 381 g/mol. The van der Waals surface area contributed by atoms with Gasteiger partial charge in [0.15, 0.2) is 0 Å². The van der Waals surface area contributed by atoms with Gasteiger partial charge in [-0.15, -0.1) is 6.58 Å². The number of nitrogens with one attached hydrogen (secondary N) is 2. The maximum absolute atomic E-state index is 12.9. The number of rotatable bonds is 9. The summed E-state index contributed by atoms with van der Waals surface area (Å²) in [6.45, 7) is 7.31. The van der Waals surface area contributed by atoms with Gasteiger partial charge in [0, 0.05) is 19.6 Å². The number of carbonyl (C=O) groups is 1. The van der Waals surface area contributed by atoms with Crippen molar-refractivity contribution in [3.05, 3.63) is 30.9 Å². The van der Waals surface area contributed by atoms with Crippen LogP contribution >= 0.6 is 0 Å². The van der Waals surface area contributed by atoms with E-state index in [-0.39, 0.29) is 17.3 Å². The first-order valence-corrected chi connectivity index (χ1v) is 10.3.